The van der Waals surface area contributed by atoms with E-state index < -0.39 is 0 Å². The number of aliphatic hydroxyl groups excluding tert-OH is 1. The maximum atomic E-state index is 10.3. The minimum absolute atomic E-state index is 0.0877. The van der Waals surface area contributed by atoms with E-state index in [1.165, 1.54) is 56.9 Å². The fraction of sp³-hybridized carbons (Fsp3) is 0.867. The Morgan fingerprint density at radius 2 is 1.81 bits per heavy atom. The number of rotatable bonds is 6. The predicted molar refractivity (Wildman–Crippen MR) is 133 cm³/mol. The molecule has 0 aromatic carbocycles. The van der Waals surface area contributed by atoms with E-state index in [0.29, 0.717) is 22.7 Å². The van der Waals surface area contributed by atoms with Crippen molar-refractivity contribution in [3.05, 3.63) is 23.8 Å². The van der Waals surface area contributed by atoms with Crippen LogP contribution in [0.25, 0.3) is 0 Å². The van der Waals surface area contributed by atoms with Crippen LogP contribution in [0, 0.1) is 52.3 Å². The van der Waals surface area contributed by atoms with Crippen molar-refractivity contribution in [3.63, 3.8) is 0 Å². The lowest BCUT2D eigenvalue weighted by Gasteiger charge is -2.58. The third kappa shape index (κ3) is 4.00. The fourth-order valence-corrected chi connectivity index (χ4v) is 9.41. The van der Waals surface area contributed by atoms with Crippen LogP contribution >= 0.6 is 0 Å². The van der Waals surface area contributed by atoms with Gasteiger partial charge in [0.1, 0.15) is 0 Å². The Bertz CT molecular complexity index is 703. The fourth-order valence-electron chi connectivity index (χ4n) is 9.41. The van der Waals surface area contributed by atoms with Crippen LogP contribution in [0.3, 0.4) is 0 Å². The van der Waals surface area contributed by atoms with Crippen LogP contribution in [0.2, 0.25) is 0 Å². The van der Waals surface area contributed by atoms with Crippen molar-refractivity contribution in [2.75, 3.05) is 0 Å². The topological polar surface area (TPSA) is 20.2 Å². The van der Waals surface area contributed by atoms with E-state index in [4.69, 9.17) is 0 Å². The second kappa shape index (κ2) is 8.66. The monoisotopic (exact) mass is 426 g/mol. The highest BCUT2D eigenvalue weighted by Gasteiger charge is 2.59. The van der Waals surface area contributed by atoms with Crippen LogP contribution in [0.4, 0.5) is 0 Å². The molecule has 0 bridgehead atoms. The Balaban J connectivity index is 1.47. The third-order valence-electron chi connectivity index (χ3n) is 11.2. The van der Waals surface area contributed by atoms with Crippen molar-refractivity contribution in [3.8, 4) is 0 Å². The van der Waals surface area contributed by atoms with Crippen molar-refractivity contribution in [2.45, 2.75) is 112 Å². The molecule has 0 saturated heterocycles. The maximum absolute atomic E-state index is 10.3. The van der Waals surface area contributed by atoms with Gasteiger partial charge in [0.15, 0.2) is 0 Å². The smallest absolute Gasteiger partial charge is 0.0577 e. The molecule has 0 amide bonds. The van der Waals surface area contributed by atoms with Gasteiger partial charge in [-0.2, -0.15) is 0 Å². The Morgan fingerprint density at radius 3 is 2.48 bits per heavy atom. The molecule has 1 N–H and O–H groups in total. The first kappa shape index (κ1) is 23.6. The summed E-state index contributed by atoms with van der Waals surface area (Å²) in [5, 5.41) is 10.3. The minimum Gasteiger partial charge on any atom is -0.393 e. The van der Waals surface area contributed by atoms with E-state index in [0.717, 1.165) is 42.4 Å². The molecule has 4 rings (SSSR count). The van der Waals surface area contributed by atoms with Gasteiger partial charge in [-0.05, 0) is 123 Å². The summed E-state index contributed by atoms with van der Waals surface area (Å²) >= 11 is 0. The number of fused-ring (bicyclic) bond motifs is 5. The Labute approximate surface area is 193 Å². The van der Waals surface area contributed by atoms with Crippen LogP contribution in [0.5, 0.6) is 0 Å². The molecule has 1 unspecified atom stereocenters. The molecule has 0 aromatic rings. The normalized spacial score (nSPS) is 44.1. The summed E-state index contributed by atoms with van der Waals surface area (Å²) in [6, 6.07) is 0. The van der Waals surface area contributed by atoms with Gasteiger partial charge in [0.25, 0.3) is 0 Å². The summed E-state index contributed by atoms with van der Waals surface area (Å²) in [5.74, 6) is 5.81. The van der Waals surface area contributed by atoms with Gasteiger partial charge in [-0.3, -0.25) is 0 Å². The van der Waals surface area contributed by atoms with Crippen molar-refractivity contribution in [1.29, 1.82) is 0 Å². The van der Waals surface area contributed by atoms with Gasteiger partial charge in [0.2, 0.25) is 0 Å². The number of hydrogen-bond donors (Lipinski definition) is 1. The summed E-state index contributed by atoms with van der Waals surface area (Å²) < 4.78 is 0. The van der Waals surface area contributed by atoms with Gasteiger partial charge in [0.05, 0.1) is 6.10 Å². The molecule has 9 atom stereocenters. The molecule has 0 radical (unpaired) electrons. The van der Waals surface area contributed by atoms with Gasteiger partial charge < -0.3 is 5.11 Å². The molecule has 1 nitrogen and oxygen atoms in total. The lowest BCUT2D eigenvalue weighted by Crippen LogP contribution is -2.50. The first-order valence-corrected chi connectivity index (χ1v) is 13.6. The molecule has 4 aliphatic rings. The Kier molecular flexibility index (Phi) is 6.59. The quantitative estimate of drug-likeness (QED) is 0.424. The van der Waals surface area contributed by atoms with Crippen LogP contribution in [-0.2, 0) is 0 Å². The molecule has 4 aliphatic carbocycles. The number of hydrogen-bond acceptors (Lipinski definition) is 1. The van der Waals surface area contributed by atoms with Crippen molar-refractivity contribution in [2.24, 2.45) is 52.3 Å². The molecular formula is C30H50O. The first-order chi connectivity index (χ1) is 14.6. The van der Waals surface area contributed by atoms with Crippen molar-refractivity contribution in [1.82, 2.24) is 0 Å². The number of aliphatic hydroxyl groups is 1. The number of allylic oxidation sites excluding steroid dienone is 2. The van der Waals surface area contributed by atoms with Crippen molar-refractivity contribution < 1.29 is 5.11 Å². The van der Waals surface area contributed by atoms with Crippen LogP contribution in [0.15, 0.2) is 23.8 Å². The molecule has 3 saturated carbocycles. The molecule has 1 heteroatoms. The minimum atomic E-state index is -0.0877. The van der Waals surface area contributed by atoms with Crippen LogP contribution < -0.4 is 0 Å². The first-order valence-electron chi connectivity index (χ1n) is 13.6. The van der Waals surface area contributed by atoms with E-state index in [2.05, 4.69) is 54.2 Å². The summed E-state index contributed by atoms with van der Waals surface area (Å²) in [6.45, 7) is 19.1. The van der Waals surface area contributed by atoms with Gasteiger partial charge in [-0.25, -0.2) is 0 Å². The molecule has 176 valence electrons. The van der Waals surface area contributed by atoms with E-state index in [9.17, 15) is 5.11 Å². The van der Waals surface area contributed by atoms with Gasteiger partial charge in [0, 0.05) is 0 Å². The highest BCUT2D eigenvalue weighted by Crippen LogP contribution is 2.67. The second-order valence-corrected chi connectivity index (χ2v) is 13.1. The largest absolute Gasteiger partial charge is 0.393 e. The SMILES string of the molecule is C=C(C)C(CC[C@@H](C)[C@H]1CC[C@H]2[C@@H]3CC=C4C[C@@H](O)CC[C@]4(C)[C@H]3CC[C@]12C)C(C)C. The van der Waals surface area contributed by atoms with Crippen LogP contribution in [-0.4, -0.2) is 11.2 Å². The molecule has 0 heterocycles. The zero-order valence-electron chi connectivity index (χ0n) is 21.4. The second-order valence-electron chi connectivity index (χ2n) is 13.1. The van der Waals surface area contributed by atoms with E-state index in [1.807, 2.05) is 0 Å². The zero-order chi connectivity index (χ0) is 22.6. The van der Waals surface area contributed by atoms with Gasteiger partial charge >= 0.3 is 0 Å². The standard InChI is InChI=1S/C30H50O/c1-19(2)24(20(3)4)10-8-21(5)26-12-13-27-25-11-9-22-18-23(31)14-16-29(22,6)28(25)15-17-30(26,27)7/h9,20-21,23-28,31H,1,8,10-18H2,2-7H3/t21-,23+,24?,25+,26-,27+,28+,29+,30-/m1/s1. The molecule has 0 aliphatic heterocycles. The zero-order valence-corrected chi connectivity index (χ0v) is 21.4. The summed E-state index contributed by atoms with van der Waals surface area (Å²) in [4.78, 5) is 0. The molecule has 0 aromatic heterocycles. The summed E-state index contributed by atoms with van der Waals surface area (Å²) in [7, 11) is 0. The molecule has 31 heavy (non-hydrogen) atoms. The van der Waals surface area contributed by atoms with Gasteiger partial charge in [-0.15, -0.1) is 0 Å². The van der Waals surface area contributed by atoms with Crippen molar-refractivity contribution >= 4 is 0 Å². The molecule has 3 fully saturated rings. The highest BCUT2D eigenvalue weighted by molar-refractivity contribution is 5.25. The average Bonchev–Trinajstić information content (AvgIpc) is 3.05. The summed E-state index contributed by atoms with van der Waals surface area (Å²) in [6.07, 6.45) is 15.4. The van der Waals surface area contributed by atoms with Gasteiger partial charge in [-0.1, -0.05) is 58.4 Å². The van der Waals surface area contributed by atoms with E-state index in [1.54, 1.807) is 5.57 Å². The van der Waals surface area contributed by atoms with Crippen LogP contribution in [0.1, 0.15) is 106 Å². The van der Waals surface area contributed by atoms with E-state index in [-0.39, 0.29) is 6.10 Å². The lowest BCUT2D eigenvalue weighted by molar-refractivity contribution is -0.0574. The van der Waals surface area contributed by atoms with E-state index >= 15 is 0 Å². The highest BCUT2D eigenvalue weighted by atomic mass is 16.3. The molecular weight excluding hydrogens is 376 g/mol. The Hall–Kier alpha value is -0.560. The lowest BCUT2D eigenvalue weighted by atomic mass is 9.47. The Morgan fingerprint density at radius 1 is 1.06 bits per heavy atom. The molecule has 0 spiro atoms. The summed E-state index contributed by atoms with van der Waals surface area (Å²) in [5.41, 5.74) is 3.92. The maximum Gasteiger partial charge on any atom is 0.0577 e. The third-order valence-corrected chi connectivity index (χ3v) is 11.2. The predicted octanol–water partition coefficient (Wildman–Crippen LogP) is 8.19. The average molecular weight is 427 g/mol.